The number of thiophene rings is 2. The summed E-state index contributed by atoms with van der Waals surface area (Å²) in [5.41, 5.74) is 2.91. The fourth-order valence-electron chi connectivity index (χ4n) is 7.50. The number of benzene rings is 8. The number of fused-ring (bicyclic) bond motifs is 12. The van der Waals surface area contributed by atoms with Gasteiger partial charge in [-0.2, -0.15) is 0 Å². The van der Waals surface area contributed by atoms with E-state index in [1.165, 1.54) is 67.3 Å². The monoisotopic (exact) mass is 671 g/mol. The van der Waals surface area contributed by atoms with Crippen molar-refractivity contribution in [2.24, 2.45) is 0 Å². The maximum absolute atomic E-state index is 5.14. The van der Waals surface area contributed by atoms with Gasteiger partial charge in [-0.1, -0.05) is 115 Å². The Balaban J connectivity index is 1.13. The Morgan fingerprint density at radius 1 is 0.320 bits per heavy atom. The average molecular weight is 672 g/mol. The lowest BCUT2D eigenvalue weighted by Crippen LogP contribution is -2.00. The van der Waals surface area contributed by atoms with Gasteiger partial charge in [0.1, 0.15) is 0 Å². The molecule has 0 fully saturated rings. The summed E-state index contributed by atoms with van der Waals surface area (Å²) >= 11 is 3.71. The molecule has 0 aliphatic carbocycles. The van der Waals surface area contributed by atoms with Gasteiger partial charge in [-0.25, -0.2) is 15.0 Å². The third kappa shape index (κ3) is 4.24. The van der Waals surface area contributed by atoms with Crippen molar-refractivity contribution < 1.29 is 0 Å². The Morgan fingerprint density at radius 2 is 0.860 bits per heavy atom. The molecule has 11 aromatic rings. The van der Waals surface area contributed by atoms with Gasteiger partial charge in [0, 0.05) is 62.4 Å². The zero-order valence-electron chi connectivity index (χ0n) is 26.6. The number of hydrogen-bond acceptors (Lipinski definition) is 5. The fraction of sp³-hybridized carbons (Fsp3) is 0. The van der Waals surface area contributed by atoms with Crippen LogP contribution in [-0.4, -0.2) is 15.0 Å². The lowest BCUT2D eigenvalue weighted by molar-refractivity contribution is 1.08. The lowest BCUT2D eigenvalue weighted by Gasteiger charge is -2.12. The molecule has 50 heavy (non-hydrogen) atoms. The molecule has 0 saturated heterocycles. The molecular weight excluding hydrogens is 647 g/mol. The summed E-state index contributed by atoms with van der Waals surface area (Å²) in [6.07, 6.45) is 0. The summed E-state index contributed by atoms with van der Waals surface area (Å²) < 4.78 is 5.21. The van der Waals surface area contributed by atoms with Gasteiger partial charge in [0.15, 0.2) is 17.5 Å². The van der Waals surface area contributed by atoms with Crippen LogP contribution >= 0.6 is 22.7 Å². The minimum Gasteiger partial charge on any atom is -0.208 e. The first-order valence-electron chi connectivity index (χ1n) is 16.7. The lowest BCUT2D eigenvalue weighted by atomic mass is 9.94. The maximum Gasteiger partial charge on any atom is 0.164 e. The zero-order chi connectivity index (χ0) is 32.8. The van der Waals surface area contributed by atoms with Crippen molar-refractivity contribution in [2.45, 2.75) is 0 Å². The molecule has 3 aromatic heterocycles. The standard InChI is InChI=1S/C45H25N3S2/c1-2-8-28(9-3-1)43-46-44(48-45(47-43)31-20-23-39-36(25-31)34-11-5-6-12-37(34)49-39)30-19-21-32-29(24-30)17-16-26-14-15-27-18-22-35-33-10-4-7-13-38(33)50-42(35)41(27)40(26)32/h1-25H. The molecule has 0 bridgehead atoms. The Morgan fingerprint density at radius 3 is 1.64 bits per heavy atom. The van der Waals surface area contributed by atoms with Crippen LogP contribution in [0.4, 0.5) is 0 Å². The van der Waals surface area contributed by atoms with Crippen LogP contribution in [0.1, 0.15) is 0 Å². The minimum absolute atomic E-state index is 0.663. The Bertz CT molecular complexity index is 3160. The van der Waals surface area contributed by atoms with E-state index in [0.717, 1.165) is 22.1 Å². The highest BCUT2D eigenvalue weighted by atomic mass is 32.1. The first-order chi connectivity index (χ1) is 24.7. The summed E-state index contributed by atoms with van der Waals surface area (Å²) in [7, 11) is 0. The van der Waals surface area contributed by atoms with Gasteiger partial charge in [-0.15, -0.1) is 22.7 Å². The molecule has 3 nitrogen and oxygen atoms in total. The molecule has 5 heteroatoms. The van der Waals surface area contributed by atoms with Crippen LogP contribution in [0.5, 0.6) is 0 Å². The van der Waals surface area contributed by atoms with Crippen molar-refractivity contribution >= 4 is 95.3 Å². The first-order valence-corrected chi connectivity index (χ1v) is 18.3. The molecule has 0 aliphatic rings. The van der Waals surface area contributed by atoms with E-state index in [9.17, 15) is 0 Å². The van der Waals surface area contributed by atoms with Crippen molar-refractivity contribution in [1.29, 1.82) is 0 Å². The van der Waals surface area contributed by atoms with Crippen LogP contribution in [-0.2, 0) is 0 Å². The predicted molar refractivity (Wildman–Crippen MR) is 214 cm³/mol. The first kappa shape index (κ1) is 27.9. The molecule has 0 saturated carbocycles. The van der Waals surface area contributed by atoms with Crippen LogP contribution in [0.2, 0.25) is 0 Å². The van der Waals surface area contributed by atoms with Crippen molar-refractivity contribution in [3.8, 4) is 34.2 Å². The summed E-state index contributed by atoms with van der Waals surface area (Å²) in [6, 6.07) is 54.3. The number of rotatable bonds is 3. The molecule has 0 unspecified atom stereocenters. The topological polar surface area (TPSA) is 38.7 Å². The average Bonchev–Trinajstić information content (AvgIpc) is 3.76. The Labute approximate surface area is 294 Å². The SMILES string of the molecule is c1ccc(-c2nc(-c3ccc4c(ccc5ccc6ccc7c8ccccc8sc7c6c54)c3)nc(-c3ccc4sc5ccccc5c4c3)n2)cc1. The van der Waals surface area contributed by atoms with Gasteiger partial charge in [0.2, 0.25) is 0 Å². The fourth-order valence-corrected chi connectivity index (χ4v) is 9.85. The second kappa shape index (κ2) is 10.7. The van der Waals surface area contributed by atoms with E-state index in [2.05, 4.69) is 133 Å². The summed E-state index contributed by atoms with van der Waals surface area (Å²) in [5.74, 6) is 2.00. The molecule has 232 valence electrons. The van der Waals surface area contributed by atoms with Gasteiger partial charge < -0.3 is 0 Å². The van der Waals surface area contributed by atoms with E-state index in [4.69, 9.17) is 15.0 Å². The number of hydrogen-bond donors (Lipinski definition) is 0. The second-order valence-corrected chi connectivity index (χ2v) is 14.9. The van der Waals surface area contributed by atoms with Gasteiger partial charge >= 0.3 is 0 Å². The highest BCUT2D eigenvalue weighted by Gasteiger charge is 2.17. The van der Waals surface area contributed by atoms with Crippen molar-refractivity contribution in [1.82, 2.24) is 15.0 Å². The molecular formula is C45H25N3S2. The second-order valence-electron chi connectivity index (χ2n) is 12.8. The van der Waals surface area contributed by atoms with Crippen LogP contribution in [0.3, 0.4) is 0 Å². The van der Waals surface area contributed by atoms with Crippen LogP contribution in [0.15, 0.2) is 152 Å². The molecule has 0 spiro atoms. The highest BCUT2D eigenvalue weighted by molar-refractivity contribution is 7.27. The smallest absolute Gasteiger partial charge is 0.164 e. The van der Waals surface area contributed by atoms with Gasteiger partial charge in [-0.3, -0.25) is 0 Å². The zero-order valence-corrected chi connectivity index (χ0v) is 28.2. The minimum atomic E-state index is 0.663. The van der Waals surface area contributed by atoms with E-state index in [-0.39, 0.29) is 0 Å². The molecule has 0 aliphatic heterocycles. The van der Waals surface area contributed by atoms with Crippen LogP contribution in [0, 0.1) is 0 Å². The number of nitrogens with zero attached hydrogens (tertiary/aromatic N) is 3. The quantitative estimate of drug-likeness (QED) is 0.176. The Kier molecular flexibility index (Phi) is 5.99. The van der Waals surface area contributed by atoms with Crippen LogP contribution < -0.4 is 0 Å². The molecule has 0 amide bonds. The van der Waals surface area contributed by atoms with E-state index < -0.39 is 0 Å². The molecule has 0 radical (unpaired) electrons. The van der Waals surface area contributed by atoms with Crippen LogP contribution in [0.25, 0.3) is 107 Å². The van der Waals surface area contributed by atoms with Crippen molar-refractivity contribution in [3.05, 3.63) is 152 Å². The highest BCUT2D eigenvalue weighted by Crippen LogP contribution is 2.43. The van der Waals surface area contributed by atoms with E-state index in [1.54, 1.807) is 0 Å². The third-order valence-corrected chi connectivity index (χ3v) is 12.2. The van der Waals surface area contributed by atoms with E-state index in [1.807, 2.05) is 40.9 Å². The van der Waals surface area contributed by atoms with E-state index in [0.29, 0.717) is 17.5 Å². The molecule has 8 aromatic carbocycles. The molecule has 0 atom stereocenters. The van der Waals surface area contributed by atoms with Crippen molar-refractivity contribution in [2.75, 3.05) is 0 Å². The summed E-state index contributed by atoms with van der Waals surface area (Å²) in [4.78, 5) is 15.2. The normalized spacial score (nSPS) is 12.0. The molecule has 11 rings (SSSR count). The van der Waals surface area contributed by atoms with E-state index >= 15 is 0 Å². The summed E-state index contributed by atoms with van der Waals surface area (Å²) in [6.45, 7) is 0. The van der Waals surface area contributed by atoms with Gasteiger partial charge in [0.05, 0.1) is 0 Å². The third-order valence-electron chi connectivity index (χ3n) is 9.88. The largest absolute Gasteiger partial charge is 0.208 e. The van der Waals surface area contributed by atoms with Gasteiger partial charge in [-0.05, 0) is 63.3 Å². The predicted octanol–water partition coefficient (Wildman–Crippen LogP) is 13.1. The number of aromatic nitrogens is 3. The molecule has 3 heterocycles. The van der Waals surface area contributed by atoms with Crippen molar-refractivity contribution in [3.63, 3.8) is 0 Å². The maximum atomic E-state index is 5.14. The summed E-state index contributed by atoms with van der Waals surface area (Å²) in [5, 5.41) is 12.6. The Hall–Kier alpha value is -6.01. The molecule has 0 N–H and O–H groups in total. The van der Waals surface area contributed by atoms with Gasteiger partial charge in [0.25, 0.3) is 0 Å².